The maximum absolute atomic E-state index is 13.7. The Bertz CT molecular complexity index is 1480. The van der Waals surface area contributed by atoms with Crippen molar-refractivity contribution in [3.63, 3.8) is 0 Å². The predicted molar refractivity (Wildman–Crippen MR) is 147 cm³/mol. The van der Waals surface area contributed by atoms with Crippen LogP contribution in [0.1, 0.15) is 49.3 Å². The molecule has 3 aromatic carbocycles. The second kappa shape index (κ2) is 9.93. The molecule has 0 bridgehead atoms. The van der Waals surface area contributed by atoms with Gasteiger partial charge in [0.2, 0.25) is 0 Å². The Morgan fingerprint density at radius 2 is 1.41 bits per heavy atom. The number of aromatic amines is 1. The molecule has 188 valence electrons. The summed E-state index contributed by atoms with van der Waals surface area (Å²) < 4.78 is 0. The number of H-pyrrole nitrogens is 1. The molecule has 2 heterocycles. The number of piperazine rings is 1. The summed E-state index contributed by atoms with van der Waals surface area (Å²) in [6.45, 7) is 7.97. The quantitative estimate of drug-likeness (QED) is 0.374. The number of carbonyl (C=O) groups excluding carboxylic acids is 3. The molecule has 7 heteroatoms. The molecule has 1 aliphatic heterocycles. The van der Waals surface area contributed by atoms with Crippen LogP contribution in [0, 0.1) is 13.8 Å². The second-order valence-corrected chi connectivity index (χ2v) is 9.63. The third-order valence-electron chi connectivity index (χ3n) is 6.93. The van der Waals surface area contributed by atoms with Crippen molar-refractivity contribution >= 4 is 39.9 Å². The molecule has 4 aromatic rings. The van der Waals surface area contributed by atoms with E-state index in [1.165, 1.54) is 0 Å². The van der Waals surface area contributed by atoms with Gasteiger partial charge in [0.05, 0.1) is 5.69 Å². The number of amides is 2. The molecule has 7 nitrogen and oxygen atoms in total. The molecule has 0 atom stereocenters. The number of benzene rings is 3. The van der Waals surface area contributed by atoms with E-state index in [0.717, 1.165) is 27.7 Å². The van der Waals surface area contributed by atoms with Crippen molar-refractivity contribution in [2.24, 2.45) is 0 Å². The molecular weight excluding hydrogens is 464 g/mol. The van der Waals surface area contributed by atoms with Crippen molar-refractivity contribution in [1.82, 2.24) is 9.88 Å². The van der Waals surface area contributed by atoms with Gasteiger partial charge in [-0.1, -0.05) is 29.3 Å². The fourth-order valence-corrected chi connectivity index (χ4v) is 4.72. The lowest BCUT2D eigenvalue weighted by Crippen LogP contribution is -2.49. The SMILES string of the molecule is CC(=O)c1ccc(N2CCN(C(=O)c3[nH]c4ccc(C)cc4c3NC(=O)c3ccc(C)cc3)CC2)cc1. The van der Waals surface area contributed by atoms with E-state index < -0.39 is 0 Å². The predicted octanol–water partition coefficient (Wildman–Crippen LogP) is 5.20. The molecule has 37 heavy (non-hydrogen) atoms. The van der Waals surface area contributed by atoms with E-state index in [0.29, 0.717) is 48.7 Å². The number of anilines is 2. The molecule has 1 saturated heterocycles. The van der Waals surface area contributed by atoms with E-state index in [1.54, 1.807) is 19.1 Å². The minimum Gasteiger partial charge on any atom is -0.368 e. The number of fused-ring (bicyclic) bond motifs is 1. The van der Waals surface area contributed by atoms with Gasteiger partial charge in [0.1, 0.15) is 5.69 Å². The third-order valence-corrected chi connectivity index (χ3v) is 6.93. The first-order valence-corrected chi connectivity index (χ1v) is 12.5. The maximum Gasteiger partial charge on any atom is 0.272 e. The molecule has 0 spiro atoms. The van der Waals surface area contributed by atoms with Gasteiger partial charge in [-0.05, 0) is 69.3 Å². The normalized spacial score (nSPS) is 13.6. The lowest BCUT2D eigenvalue weighted by Gasteiger charge is -2.36. The van der Waals surface area contributed by atoms with E-state index in [2.05, 4.69) is 15.2 Å². The number of aryl methyl sites for hydroxylation is 2. The van der Waals surface area contributed by atoms with Gasteiger partial charge in [0, 0.05) is 53.9 Å². The topological polar surface area (TPSA) is 85.5 Å². The molecular formula is C30H30N4O3. The maximum atomic E-state index is 13.7. The Morgan fingerprint density at radius 3 is 2.05 bits per heavy atom. The zero-order chi connectivity index (χ0) is 26.1. The van der Waals surface area contributed by atoms with Crippen LogP contribution in [0.25, 0.3) is 10.9 Å². The largest absolute Gasteiger partial charge is 0.368 e. The van der Waals surface area contributed by atoms with Crippen LogP contribution in [0.3, 0.4) is 0 Å². The highest BCUT2D eigenvalue weighted by molar-refractivity contribution is 6.15. The van der Waals surface area contributed by atoms with Crippen molar-refractivity contribution < 1.29 is 14.4 Å². The Hall–Kier alpha value is -4.39. The number of ketones is 1. The van der Waals surface area contributed by atoms with E-state index in [9.17, 15) is 14.4 Å². The summed E-state index contributed by atoms with van der Waals surface area (Å²) >= 11 is 0. The molecule has 0 unspecified atom stereocenters. The number of aromatic nitrogens is 1. The van der Waals surface area contributed by atoms with Gasteiger partial charge in [-0.15, -0.1) is 0 Å². The van der Waals surface area contributed by atoms with Crippen molar-refractivity contribution in [3.05, 3.63) is 94.7 Å². The van der Waals surface area contributed by atoms with Crippen LogP contribution < -0.4 is 10.2 Å². The molecule has 2 amide bonds. The number of rotatable bonds is 5. The van der Waals surface area contributed by atoms with Crippen molar-refractivity contribution in [2.45, 2.75) is 20.8 Å². The molecule has 0 saturated carbocycles. The van der Waals surface area contributed by atoms with Gasteiger partial charge < -0.3 is 20.1 Å². The molecule has 1 aliphatic rings. The third kappa shape index (κ3) is 4.98. The van der Waals surface area contributed by atoms with Gasteiger partial charge >= 0.3 is 0 Å². The fraction of sp³-hybridized carbons (Fsp3) is 0.233. The summed E-state index contributed by atoms with van der Waals surface area (Å²) in [6.07, 6.45) is 0. The summed E-state index contributed by atoms with van der Waals surface area (Å²) in [6, 6.07) is 20.8. The van der Waals surface area contributed by atoms with Crippen LogP contribution in [0.15, 0.2) is 66.7 Å². The molecule has 1 fully saturated rings. The fourth-order valence-electron chi connectivity index (χ4n) is 4.72. The lowest BCUT2D eigenvalue weighted by atomic mass is 10.1. The van der Waals surface area contributed by atoms with Gasteiger partial charge in [-0.25, -0.2) is 0 Å². The minimum absolute atomic E-state index is 0.0424. The highest BCUT2D eigenvalue weighted by atomic mass is 16.2. The van der Waals surface area contributed by atoms with E-state index in [1.807, 2.05) is 73.3 Å². The lowest BCUT2D eigenvalue weighted by molar-refractivity contribution is 0.0742. The average molecular weight is 495 g/mol. The Morgan fingerprint density at radius 1 is 0.784 bits per heavy atom. The second-order valence-electron chi connectivity index (χ2n) is 9.63. The van der Waals surface area contributed by atoms with Gasteiger partial charge in [-0.3, -0.25) is 14.4 Å². The van der Waals surface area contributed by atoms with E-state index in [4.69, 9.17) is 0 Å². The Balaban J connectivity index is 1.37. The van der Waals surface area contributed by atoms with Crippen molar-refractivity contribution in [2.75, 3.05) is 36.4 Å². The van der Waals surface area contributed by atoms with Crippen LogP contribution in [0.2, 0.25) is 0 Å². The Labute approximate surface area is 216 Å². The molecule has 0 radical (unpaired) electrons. The summed E-state index contributed by atoms with van der Waals surface area (Å²) in [5.41, 5.74) is 6.07. The van der Waals surface area contributed by atoms with Crippen LogP contribution >= 0.6 is 0 Å². The van der Waals surface area contributed by atoms with Gasteiger partial charge in [0.25, 0.3) is 11.8 Å². The molecule has 1 aromatic heterocycles. The minimum atomic E-state index is -0.254. The zero-order valence-electron chi connectivity index (χ0n) is 21.3. The highest BCUT2D eigenvalue weighted by Gasteiger charge is 2.27. The Kier molecular flexibility index (Phi) is 6.53. The van der Waals surface area contributed by atoms with Crippen LogP contribution in [-0.2, 0) is 0 Å². The molecule has 2 N–H and O–H groups in total. The highest BCUT2D eigenvalue weighted by Crippen LogP contribution is 2.31. The van der Waals surface area contributed by atoms with Crippen LogP contribution in [0.4, 0.5) is 11.4 Å². The summed E-state index contributed by atoms with van der Waals surface area (Å²) in [5, 5.41) is 3.82. The van der Waals surface area contributed by atoms with Crippen LogP contribution in [-0.4, -0.2) is 53.7 Å². The standard InChI is InChI=1S/C30H30N4O3/c1-19-4-7-23(8-5-19)29(36)32-27-25-18-20(2)6-13-26(25)31-28(27)30(37)34-16-14-33(15-17-34)24-11-9-22(10-12-24)21(3)35/h4-13,18,31H,14-17H2,1-3H3,(H,32,36). The smallest absolute Gasteiger partial charge is 0.272 e. The van der Waals surface area contributed by atoms with E-state index >= 15 is 0 Å². The van der Waals surface area contributed by atoms with E-state index in [-0.39, 0.29) is 17.6 Å². The number of hydrogen-bond donors (Lipinski definition) is 2. The number of nitrogens with one attached hydrogen (secondary N) is 2. The number of nitrogens with zero attached hydrogens (tertiary/aromatic N) is 2. The number of Topliss-reactive ketones (excluding diaryl/α,β-unsaturated/α-hetero) is 1. The van der Waals surface area contributed by atoms with Gasteiger partial charge in [0.15, 0.2) is 5.78 Å². The first-order chi connectivity index (χ1) is 17.8. The van der Waals surface area contributed by atoms with Gasteiger partial charge in [-0.2, -0.15) is 0 Å². The number of hydrogen-bond acceptors (Lipinski definition) is 4. The first-order valence-electron chi connectivity index (χ1n) is 12.5. The first kappa shape index (κ1) is 24.3. The van der Waals surface area contributed by atoms with Crippen LogP contribution in [0.5, 0.6) is 0 Å². The summed E-state index contributed by atoms with van der Waals surface area (Å²) in [5.74, 6) is -0.351. The summed E-state index contributed by atoms with van der Waals surface area (Å²) in [4.78, 5) is 45.6. The zero-order valence-corrected chi connectivity index (χ0v) is 21.3. The average Bonchev–Trinajstić information content (AvgIpc) is 3.26. The van der Waals surface area contributed by atoms with Crippen molar-refractivity contribution in [3.8, 4) is 0 Å². The van der Waals surface area contributed by atoms with Crippen molar-refractivity contribution in [1.29, 1.82) is 0 Å². The number of carbonyl (C=O) groups is 3. The monoisotopic (exact) mass is 494 g/mol. The summed E-state index contributed by atoms with van der Waals surface area (Å²) in [7, 11) is 0. The molecule has 0 aliphatic carbocycles. The molecule has 5 rings (SSSR count).